The molecule has 0 unspecified atom stereocenters. The van der Waals surface area contributed by atoms with Crippen molar-refractivity contribution in [1.82, 2.24) is 0 Å². The molecule has 0 bridgehead atoms. The summed E-state index contributed by atoms with van der Waals surface area (Å²) in [6, 6.07) is 7.07. The summed E-state index contributed by atoms with van der Waals surface area (Å²) in [5.74, 6) is 0. The molecule has 114 valence electrons. The second-order valence-electron chi connectivity index (χ2n) is 7.90. The molecule has 0 aliphatic heterocycles. The quantitative estimate of drug-likeness (QED) is 0.488. The zero-order valence-corrected chi connectivity index (χ0v) is 16.3. The van der Waals surface area contributed by atoms with Crippen LogP contribution in [0.5, 0.6) is 0 Å². The van der Waals surface area contributed by atoms with Crippen LogP contribution in [0.2, 0.25) is 10.1 Å². The lowest BCUT2D eigenvalue weighted by Gasteiger charge is -2.47. The highest BCUT2D eigenvalue weighted by Crippen LogP contribution is 2.53. The molecular formula is C18H31ClSi. The maximum atomic E-state index is 7.41. The molecule has 0 heterocycles. The van der Waals surface area contributed by atoms with Crippen LogP contribution in [0, 0.1) is 0 Å². The van der Waals surface area contributed by atoms with E-state index in [4.69, 9.17) is 11.1 Å². The van der Waals surface area contributed by atoms with Crippen LogP contribution < -0.4 is 5.19 Å². The minimum Gasteiger partial charge on any atom is -0.160 e. The van der Waals surface area contributed by atoms with Gasteiger partial charge in [0.1, 0.15) is 0 Å². The van der Waals surface area contributed by atoms with Gasteiger partial charge < -0.3 is 0 Å². The van der Waals surface area contributed by atoms with E-state index in [0.717, 1.165) is 12.8 Å². The molecule has 0 N–H and O–H groups in total. The molecule has 0 fully saturated rings. The highest BCUT2D eigenvalue weighted by atomic mass is 35.6. The van der Waals surface area contributed by atoms with E-state index in [9.17, 15) is 0 Å². The fourth-order valence-corrected chi connectivity index (χ4v) is 8.44. The molecule has 1 aromatic rings. The molecule has 1 aromatic carbocycles. The maximum absolute atomic E-state index is 7.41. The average molecular weight is 311 g/mol. The molecule has 0 aromatic heterocycles. The summed E-state index contributed by atoms with van der Waals surface area (Å²) in [6.45, 7) is 18.3. The Balaban J connectivity index is 3.58. The van der Waals surface area contributed by atoms with Crippen LogP contribution in [0.25, 0.3) is 0 Å². The van der Waals surface area contributed by atoms with Gasteiger partial charge >= 0.3 is 0 Å². The van der Waals surface area contributed by atoms with E-state index in [1.54, 1.807) is 0 Å². The van der Waals surface area contributed by atoms with Gasteiger partial charge in [-0.1, -0.05) is 73.6 Å². The van der Waals surface area contributed by atoms with Gasteiger partial charge in [0.2, 0.25) is 0 Å². The van der Waals surface area contributed by atoms with Crippen molar-refractivity contribution < 1.29 is 0 Å². The molecule has 0 atom stereocenters. The highest BCUT2D eigenvalue weighted by Gasteiger charge is 2.53. The van der Waals surface area contributed by atoms with Crippen LogP contribution in [-0.2, 0) is 12.8 Å². The van der Waals surface area contributed by atoms with E-state index in [-0.39, 0.29) is 10.1 Å². The third-order valence-electron chi connectivity index (χ3n) is 4.33. The van der Waals surface area contributed by atoms with E-state index in [1.165, 1.54) is 16.3 Å². The highest BCUT2D eigenvalue weighted by molar-refractivity contribution is 7.30. The van der Waals surface area contributed by atoms with Crippen LogP contribution in [-0.4, -0.2) is 7.38 Å². The van der Waals surface area contributed by atoms with E-state index < -0.39 is 7.38 Å². The van der Waals surface area contributed by atoms with Crippen molar-refractivity contribution in [3.63, 3.8) is 0 Å². The third-order valence-corrected chi connectivity index (χ3v) is 13.6. The molecule has 0 radical (unpaired) electrons. The predicted octanol–water partition coefficient (Wildman–Crippen LogP) is 5.80. The van der Waals surface area contributed by atoms with E-state index in [0.29, 0.717) is 0 Å². The lowest BCUT2D eigenvalue weighted by molar-refractivity contribution is 0.644. The van der Waals surface area contributed by atoms with Crippen LogP contribution in [0.3, 0.4) is 0 Å². The van der Waals surface area contributed by atoms with Crippen LogP contribution in [0.15, 0.2) is 18.2 Å². The number of hydrogen-bond donors (Lipinski definition) is 0. The molecule has 0 nitrogen and oxygen atoms in total. The number of hydrogen-bond acceptors (Lipinski definition) is 0. The number of halogens is 1. The van der Waals surface area contributed by atoms with Crippen molar-refractivity contribution in [2.45, 2.75) is 78.3 Å². The second-order valence-corrected chi connectivity index (χ2v) is 14.5. The van der Waals surface area contributed by atoms with E-state index in [1.807, 2.05) is 0 Å². The first-order valence-electron chi connectivity index (χ1n) is 7.79. The summed E-state index contributed by atoms with van der Waals surface area (Å²) >= 11 is 7.41. The number of benzene rings is 1. The van der Waals surface area contributed by atoms with Gasteiger partial charge in [-0.3, -0.25) is 0 Å². The Kier molecular flexibility index (Phi) is 5.20. The van der Waals surface area contributed by atoms with E-state index in [2.05, 4.69) is 73.6 Å². The monoisotopic (exact) mass is 310 g/mol. The van der Waals surface area contributed by atoms with Crippen LogP contribution in [0.4, 0.5) is 0 Å². The van der Waals surface area contributed by atoms with Crippen molar-refractivity contribution in [2.24, 2.45) is 0 Å². The molecule has 0 aliphatic carbocycles. The minimum atomic E-state index is -2.15. The van der Waals surface area contributed by atoms with Crippen molar-refractivity contribution in [3.05, 3.63) is 29.3 Å². The van der Waals surface area contributed by atoms with Gasteiger partial charge in [-0.15, -0.1) is 0 Å². The largest absolute Gasteiger partial charge is 0.197 e. The van der Waals surface area contributed by atoms with Crippen LogP contribution in [0.1, 0.15) is 66.5 Å². The first-order valence-corrected chi connectivity index (χ1v) is 10.8. The average Bonchev–Trinajstić information content (AvgIpc) is 2.34. The molecule has 20 heavy (non-hydrogen) atoms. The molecule has 0 saturated carbocycles. The molecule has 1 rings (SSSR count). The van der Waals surface area contributed by atoms with Crippen molar-refractivity contribution in [3.8, 4) is 0 Å². The lowest BCUT2D eigenvalue weighted by atomic mass is 10.1. The van der Waals surface area contributed by atoms with Gasteiger partial charge in [-0.25, -0.2) is 0 Å². The topological polar surface area (TPSA) is 0 Å². The maximum Gasteiger partial charge on any atom is 0.197 e. The fraction of sp³-hybridized carbons (Fsp3) is 0.667. The summed E-state index contributed by atoms with van der Waals surface area (Å²) in [6.07, 6.45) is 2.16. The van der Waals surface area contributed by atoms with Gasteiger partial charge in [0.15, 0.2) is 7.38 Å². The van der Waals surface area contributed by atoms with Crippen molar-refractivity contribution in [1.29, 1.82) is 0 Å². The Morgan fingerprint density at radius 3 is 1.40 bits per heavy atom. The van der Waals surface area contributed by atoms with Crippen LogP contribution >= 0.6 is 11.1 Å². The fourth-order valence-electron chi connectivity index (χ4n) is 3.36. The summed E-state index contributed by atoms with van der Waals surface area (Å²) in [7, 11) is -2.15. The second kappa shape index (κ2) is 5.85. The molecule has 0 saturated heterocycles. The molecule has 0 amide bonds. The van der Waals surface area contributed by atoms with Gasteiger partial charge in [0.25, 0.3) is 0 Å². The Bertz CT molecular complexity index is 427. The van der Waals surface area contributed by atoms with Crippen molar-refractivity contribution >= 4 is 23.6 Å². The number of aryl methyl sites for hydroxylation is 2. The first-order chi connectivity index (χ1) is 8.97. The Labute approximate surface area is 131 Å². The normalized spacial score (nSPS) is 13.7. The molecule has 0 aliphatic rings. The van der Waals surface area contributed by atoms with Gasteiger partial charge in [-0.05, 0) is 39.2 Å². The minimum absolute atomic E-state index is 0.129. The number of rotatable bonds is 3. The predicted molar refractivity (Wildman–Crippen MR) is 95.9 cm³/mol. The first kappa shape index (κ1) is 17.8. The molecule has 2 heteroatoms. The Morgan fingerprint density at radius 1 is 0.800 bits per heavy atom. The van der Waals surface area contributed by atoms with Crippen molar-refractivity contribution in [2.75, 3.05) is 0 Å². The zero-order chi connectivity index (χ0) is 15.8. The Morgan fingerprint density at radius 2 is 1.15 bits per heavy atom. The zero-order valence-electron chi connectivity index (χ0n) is 14.5. The summed E-state index contributed by atoms with van der Waals surface area (Å²) < 4.78 is 0. The molecular weight excluding hydrogens is 280 g/mol. The lowest BCUT2D eigenvalue weighted by Crippen LogP contribution is -2.57. The Hall–Kier alpha value is -0.273. The summed E-state index contributed by atoms with van der Waals surface area (Å²) in [5.41, 5.74) is 2.84. The standard InChI is InChI=1S/C18H31ClSi/c1-9-14-11-15(10-2)13-16(12-14)20(19,17(3,4)5)18(6,7)8/h11-13H,9-10H2,1-8H3. The van der Waals surface area contributed by atoms with Gasteiger partial charge in [0, 0.05) is 0 Å². The third kappa shape index (κ3) is 3.14. The van der Waals surface area contributed by atoms with Gasteiger partial charge in [0.05, 0.1) is 0 Å². The SMILES string of the molecule is CCc1cc(CC)cc([Si](Cl)(C(C)(C)C)C(C)(C)C)c1. The smallest absolute Gasteiger partial charge is 0.160 e. The molecule has 0 spiro atoms. The van der Waals surface area contributed by atoms with Gasteiger partial charge in [-0.2, -0.15) is 11.1 Å². The summed E-state index contributed by atoms with van der Waals surface area (Å²) in [4.78, 5) is 0. The summed E-state index contributed by atoms with van der Waals surface area (Å²) in [5, 5.41) is 1.67. The van der Waals surface area contributed by atoms with E-state index >= 15 is 0 Å².